The van der Waals surface area contributed by atoms with Crippen molar-refractivity contribution in [1.82, 2.24) is 15.4 Å². The van der Waals surface area contributed by atoms with Crippen LogP contribution in [0.5, 0.6) is 0 Å². The molecule has 0 saturated heterocycles. The molecule has 1 amide bonds. The molecule has 0 aliphatic rings. The molecule has 0 spiro atoms. The van der Waals surface area contributed by atoms with Gasteiger partial charge in [-0.05, 0) is 24.6 Å². The number of methoxy groups -OCH3 is 1. The average molecular weight is 328 g/mol. The molecule has 0 bridgehead atoms. The maximum absolute atomic E-state index is 11.3. The normalized spacial score (nSPS) is 11.7. The Labute approximate surface area is 139 Å². The molecule has 3 rings (SSSR count). The number of anilines is 1. The lowest BCUT2D eigenvalue weighted by molar-refractivity contribution is 0.186. The predicted molar refractivity (Wildman–Crippen MR) is 91.1 cm³/mol. The van der Waals surface area contributed by atoms with Gasteiger partial charge in [0.05, 0.1) is 18.2 Å². The monoisotopic (exact) mass is 328 g/mol. The number of H-pyrrole nitrogens is 1. The summed E-state index contributed by atoms with van der Waals surface area (Å²) in [5.74, 6) is 0.336. The van der Waals surface area contributed by atoms with E-state index in [2.05, 4.69) is 46.2 Å². The lowest BCUT2D eigenvalue weighted by atomic mass is 9.86. The smallest absolute Gasteiger partial charge is 0.412 e. The number of nitrogens with zero attached hydrogens (tertiary/aromatic N) is 2. The van der Waals surface area contributed by atoms with Crippen LogP contribution in [0, 0.1) is 6.92 Å². The third kappa shape index (κ3) is 2.73. The number of fused-ring (bicyclic) bond motifs is 1. The molecule has 0 unspecified atom stereocenters. The van der Waals surface area contributed by atoms with Crippen LogP contribution in [0.1, 0.15) is 32.2 Å². The Morgan fingerprint density at radius 1 is 1.33 bits per heavy atom. The Morgan fingerprint density at radius 3 is 2.75 bits per heavy atom. The third-order valence-corrected chi connectivity index (χ3v) is 3.82. The van der Waals surface area contributed by atoms with E-state index in [0.717, 1.165) is 22.5 Å². The zero-order valence-corrected chi connectivity index (χ0v) is 14.4. The van der Waals surface area contributed by atoms with Gasteiger partial charge in [0.2, 0.25) is 0 Å². The van der Waals surface area contributed by atoms with Crippen LogP contribution in [-0.4, -0.2) is 28.6 Å². The zero-order valence-electron chi connectivity index (χ0n) is 14.4. The Balaban J connectivity index is 2.07. The van der Waals surface area contributed by atoms with Crippen molar-refractivity contribution in [3.8, 4) is 11.1 Å². The number of aryl methyl sites for hydroxylation is 1. The highest BCUT2D eigenvalue weighted by Crippen LogP contribution is 2.36. The van der Waals surface area contributed by atoms with Crippen molar-refractivity contribution in [2.75, 3.05) is 12.4 Å². The van der Waals surface area contributed by atoms with Gasteiger partial charge in [-0.2, -0.15) is 5.10 Å². The lowest BCUT2D eigenvalue weighted by Crippen LogP contribution is -2.13. The number of ether oxygens (including phenoxy) is 1. The fourth-order valence-corrected chi connectivity index (χ4v) is 2.66. The highest BCUT2D eigenvalue weighted by molar-refractivity contribution is 5.97. The Kier molecular flexibility index (Phi) is 3.79. The number of carbonyl (C=O) groups is 1. The molecule has 0 aliphatic carbocycles. The number of hydrogen-bond donors (Lipinski definition) is 2. The van der Waals surface area contributed by atoms with Gasteiger partial charge in [0.1, 0.15) is 0 Å². The number of aromatic nitrogens is 3. The van der Waals surface area contributed by atoms with Gasteiger partial charge in [-0.15, -0.1) is 0 Å². The van der Waals surface area contributed by atoms with Gasteiger partial charge < -0.3 is 9.26 Å². The second-order valence-electron chi connectivity index (χ2n) is 6.68. The standard InChI is InChI=1S/C17H20N4O3/c1-9-13(14(20-19-9)17(2,3)4)10-6-7-11-12(8-10)24-21-15(11)18-16(22)23-5/h6-8H,1-5H3,(H,19,20)(H,18,21,22). The van der Waals surface area contributed by atoms with E-state index < -0.39 is 6.09 Å². The van der Waals surface area contributed by atoms with Crippen LogP contribution in [0.4, 0.5) is 10.6 Å². The van der Waals surface area contributed by atoms with Crippen LogP contribution in [0.25, 0.3) is 22.1 Å². The number of benzene rings is 1. The minimum Gasteiger partial charge on any atom is -0.453 e. The van der Waals surface area contributed by atoms with Crippen LogP contribution in [0.2, 0.25) is 0 Å². The van der Waals surface area contributed by atoms with E-state index in [4.69, 9.17) is 4.52 Å². The molecule has 24 heavy (non-hydrogen) atoms. The molecule has 2 N–H and O–H groups in total. The van der Waals surface area contributed by atoms with Crippen molar-refractivity contribution in [1.29, 1.82) is 0 Å². The molecular formula is C17H20N4O3. The van der Waals surface area contributed by atoms with Crippen LogP contribution >= 0.6 is 0 Å². The van der Waals surface area contributed by atoms with Crippen molar-refractivity contribution in [2.45, 2.75) is 33.1 Å². The Morgan fingerprint density at radius 2 is 2.08 bits per heavy atom. The van der Waals surface area contributed by atoms with Crippen molar-refractivity contribution >= 4 is 22.9 Å². The molecule has 7 heteroatoms. The molecule has 3 aromatic rings. The maximum Gasteiger partial charge on any atom is 0.412 e. The largest absolute Gasteiger partial charge is 0.453 e. The number of carbonyl (C=O) groups excluding carboxylic acids is 1. The molecule has 0 fully saturated rings. The minimum atomic E-state index is -0.588. The van der Waals surface area contributed by atoms with Crippen LogP contribution in [-0.2, 0) is 10.2 Å². The highest BCUT2D eigenvalue weighted by Gasteiger charge is 2.24. The van der Waals surface area contributed by atoms with Gasteiger partial charge in [0, 0.05) is 16.7 Å². The van der Waals surface area contributed by atoms with E-state index in [1.165, 1.54) is 7.11 Å². The molecule has 0 saturated carbocycles. The first-order valence-corrected chi connectivity index (χ1v) is 7.61. The van der Waals surface area contributed by atoms with E-state index >= 15 is 0 Å². The third-order valence-electron chi connectivity index (χ3n) is 3.82. The summed E-state index contributed by atoms with van der Waals surface area (Å²) >= 11 is 0. The zero-order chi connectivity index (χ0) is 17.5. The Hall–Kier alpha value is -2.83. The van der Waals surface area contributed by atoms with Gasteiger partial charge in [-0.3, -0.25) is 10.4 Å². The summed E-state index contributed by atoms with van der Waals surface area (Å²) in [6.45, 7) is 8.36. The first kappa shape index (κ1) is 16.0. The summed E-state index contributed by atoms with van der Waals surface area (Å²) < 4.78 is 9.93. The quantitative estimate of drug-likeness (QED) is 0.741. The summed E-state index contributed by atoms with van der Waals surface area (Å²) in [5, 5.41) is 14.6. The fraction of sp³-hybridized carbons (Fsp3) is 0.353. The lowest BCUT2D eigenvalue weighted by Gasteiger charge is -2.17. The predicted octanol–water partition coefficient (Wildman–Crippen LogP) is 4.00. The van der Waals surface area contributed by atoms with Gasteiger partial charge in [-0.1, -0.05) is 32.0 Å². The molecule has 0 aliphatic heterocycles. The van der Waals surface area contributed by atoms with Crippen molar-refractivity contribution in [2.24, 2.45) is 0 Å². The molecule has 7 nitrogen and oxygen atoms in total. The van der Waals surface area contributed by atoms with Crippen molar-refractivity contribution < 1.29 is 14.1 Å². The molecule has 2 aromatic heterocycles. The SMILES string of the molecule is COC(=O)Nc1noc2cc(-c3c(C(C)(C)C)n[nH]c3C)ccc12. The van der Waals surface area contributed by atoms with E-state index in [9.17, 15) is 4.79 Å². The second kappa shape index (κ2) is 5.67. The summed E-state index contributed by atoms with van der Waals surface area (Å²) in [6, 6.07) is 5.73. The number of nitrogens with one attached hydrogen (secondary N) is 2. The maximum atomic E-state index is 11.3. The molecular weight excluding hydrogens is 308 g/mol. The molecule has 0 atom stereocenters. The van der Waals surface area contributed by atoms with Gasteiger partial charge >= 0.3 is 6.09 Å². The summed E-state index contributed by atoms with van der Waals surface area (Å²) in [6.07, 6.45) is -0.588. The average Bonchev–Trinajstić information content (AvgIpc) is 3.10. The first-order valence-electron chi connectivity index (χ1n) is 7.61. The summed E-state index contributed by atoms with van der Waals surface area (Å²) in [5.41, 5.74) is 4.52. The molecule has 0 radical (unpaired) electrons. The van der Waals surface area contributed by atoms with E-state index in [1.54, 1.807) is 0 Å². The first-order chi connectivity index (χ1) is 11.3. The van der Waals surface area contributed by atoms with Crippen molar-refractivity contribution in [3.63, 3.8) is 0 Å². The molecule has 2 heterocycles. The van der Waals surface area contributed by atoms with Gasteiger partial charge in [-0.25, -0.2) is 4.79 Å². The number of aromatic amines is 1. The molecule has 1 aromatic carbocycles. The summed E-state index contributed by atoms with van der Waals surface area (Å²) in [7, 11) is 1.30. The van der Waals surface area contributed by atoms with E-state index in [1.807, 2.05) is 25.1 Å². The number of rotatable bonds is 2. The summed E-state index contributed by atoms with van der Waals surface area (Å²) in [4.78, 5) is 11.3. The van der Waals surface area contributed by atoms with Crippen LogP contribution in [0.3, 0.4) is 0 Å². The van der Waals surface area contributed by atoms with E-state index in [0.29, 0.717) is 16.8 Å². The van der Waals surface area contributed by atoms with Gasteiger partial charge in [0.25, 0.3) is 0 Å². The van der Waals surface area contributed by atoms with Crippen molar-refractivity contribution in [3.05, 3.63) is 29.6 Å². The van der Waals surface area contributed by atoms with Gasteiger partial charge in [0.15, 0.2) is 11.4 Å². The second-order valence-corrected chi connectivity index (χ2v) is 6.68. The highest BCUT2D eigenvalue weighted by atomic mass is 16.5. The van der Waals surface area contributed by atoms with Crippen LogP contribution in [0.15, 0.2) is 22.7 Å². The minimum absolute atomic E-state index is 0.0892. The number of hydrogen-bond acceptors (Lipinski definition) is 5. The van der Waals surface area contributed by atoms with E-state index in [-0.39, 0.29) is 5.41 Å². The van der Waals surface area contributed by atoms with Crippen LogP contribution < -0.4 is 5.32 Å². The topological polar surface area (TPSA) is 93.0 Å². The number of amides is 1. The molecule has 126 valence electrons. The fourth-order valence-electron chi connectivity index (χ4n) is 2.66. The Bertz CT molecular complexity index is 902.